The summed E-state index contributed by atoms with van der Waals surface area (Å²) in [6.45, 7) is 7.13. The Hall–Kier alpha value is -0.840. The van der Waals surface area contributed by atoms with E-state index in [-0.39, 0.29) is 16.2 Å². The third kappa shape index (κ3) is 3.13. The zero-order chi connectivity index (χ0) is 13.9. The SMILES string of the molecule is C=C(Cl)/C(F)=C(/Cl)n1nc(C(CC)NC)cc1C. The van der Waals surface area contributed by atoms with Crippen LogP contribution in [-0.4, -0.2) is 16.8 Å². The van der Waals surface area contributed by atoms with Gasteiger partial charge in [-0.05, 0) is 26.5 Å². The minimum Gasteiger partial charge on any atom is -0.312 e. The maximum absolute atomic E-state index is 13.6. The molecule has 1 aromatic rings. The van der Waals surface area contributed by atoms with Gasteiger partial charge >= 0.3 is 0 Å². The molecule has 1 N–H and O–H groups in total. The van der Waals surface area contributed by atoms with Gasteiger partial charge in [-0.1, -0.05) is 36.7 Å². The summed E-state index contributed by atoms with van der Waals surface area (Å²) in [5, 5.41) is 6.99. The normalized spacial score (nSPS) is 14.3. The second kappa shape index (κ2) is 6.36. The first-order chi connectivity index (χ1) is 8.42. The Morgan fingerprint density at radius 3 is 2.67 bits per heavy atom. The number of nitrogens with one attached hydrogen (secondary N) is 1. The summed E-state index contributed by atoms with van der Waals surface area (Å²) in [5.74, 6) is -0.770. The van der Waals surface area contributed by atoms with Crippen molar-refractivity contribution in [2.24, 2.45) is 0 Å². The molecule has 1 atom stereocenters. The predicted octanol–water partition coefficient (Wildman–Crippen LogP) is 3.95. The molecule has 0 aliphatic carbocycles. The third-order valence-corrected chi connectivity index (χ3v) is 3.12. The van der Waals surface area contributed by atoms with E-state index in [1.54, 1.807) is 6.92 Å². The van der Waals surface area contributed by atoms with Crippen molar-refractivity contribution < 1.29 is 4.39 Å². The minimum atomic E-state index is -0.770. The van der Waals surface area contributed by atoms with Gasteiger partial charge in [-0.2, -0.15) is 5.10 Å². The molecule has 0 saturated heterocycles. The predicted molar refractivity (Wildman–Crippen MR) is 74.2 cm³/mol. The van der Waals surface area contributed by atoms with Crippen molar-refractivity contribution in [1.82, 2.24) is 15.1 Å². The fourth-order valence-corrected chi connectivity index (χ4v) is 2.06. The lowest BCUT2D eigenvalue weighted by molar-refractivity contribution is 0.555. The highest BCUT2D eigenvalue weighted by atomic mass is 35.5. The fraction of sp³-hybridized carbons (Fsp3) is 0.417. The van der Waals surface area contributed by atoms with E-state index in [9.17, 15) is 4.39 Å². The maximum atomic E-state index is 13.6. The highest BCUT2D eigenvalue weighted by Crippen LogP contribution is 2.27. The van der Waals surface area contributed by atoms with Gasteiger partial charge in [-0.15, -0.1) is 0 Å². The highest BCUT2D eigenvalue weighted by molar-refractivity contribution is 6.47. The van der Waals surface area contributed by atoms with E-state index < -0.39 is 5.83 Å². The monoisotopic (exact) mass is 291 g/mol. The molecule has 100 valence electrons. The number of hydrogen-bond acceptors (Lipinski definition) is 2. The van der Waals surface area contributed by atoms with Crippen molar-refractivity contribution in [3.63, 3.8) is 0 Å². The first-order valence-electron chi connectivity index (χ1n) is 5.56. The van der Waals surface area contributed by atoms with Crippen LogP contribution < -0.4 is 5.32 Å². The van der Waals surface area contributed by atoms with Gasteiger partial charge < -0.3 is 5.32 Å². The Labute approximate surface area is 116 Å². The van der Waals surface area contributed by atoms with E-state index in [0.29, 0.717) is 0 Å². The molecule has 0 aliphatic rings. The first kappa shape index (κ1) is 15.2. The zero-order valence-electron chi connectivity index (χ0n) is 10.6. The molecule has 6 heteroatoms. The molecule has 0 fully saturated rings. The average molecular weight is 292 g/mol. The molecule has 3 nitrogen and oxygen atoms in total. The van der Waals surface area contributed by atoms with Crippen LogP contribution in [0.1, 0.15) is 30.8 Å². The third-order valence-electron chi connectivity index (χ3n) is 2.63. The number of hydrogen-bond donors (Lipinski definition) is 1. The number of allylic oxidation sites excluding steroid dienone is 2. The molecular weight excluding hydrogens is 276 g/mol. The lowest BCUT2D eigenvalue weighted by Gasteiger charge is -2.10. The zero-order valence-corrected chi connectivity index (χ0v) is 12.1. The Kier molecular flexibility index (Phi) is 5.38. The second-order valence-corrected chi connectivity index (χ2v) is 4.70. The lowest BCUT2D eigenvalue weighted by Crippen LogP contribution is -2.16. The molecule has 1 rings (SSSR count). The minimum absolute atomic E-state index is 0.108. The van der Waals surface area contributed by atoms with Crippen LogP contribution in [0.5, 0.6) is 0 Å². The van der Waals surface area contributed by atoms with Crippen molar-refractivity contribution in [3.8, 4) is 0 Å². The van der Waals surface area contributed by atoms with Crippen molar-refractivity contribution in [2.45, 2.75) is 26.3 Å². The summed E-state index contributed by atoms with van der Waals surface area (Å²) in [4.78, 5) is 0. The molecule has 0 bridgehead atoms. The molecule has 18 heavy (non-hydrogen) atoms. The Balaban J connectivity index is 3.20. The van der Waals surface area contributed by atoms with E-state index in [1.807, 2.05) is 20.0 Å². The van der Waals surface area contributed by atoms with E-state index in [1.165, 1.54) is 4.68 Å². The Bertz CT molecular complexity index is 476. The molecule has 0 saturated carbocycles. The molecule has 1 heterocycles. The number of halogens is 3. The van der Waals surface area contributed by atoms with Gasteiger partial charge in [-0.3, -0.25) is 0 Å². The van der Waals surface area contributed by atoms with Crippen molar-refractivity contribution in [3.05, 3.63) is 34.9 Å². The van der Waals surface area contributed by atoms with Crippen LogP contribution in [0.2, 0.25) is 0 Å². The largest absolute Gasteiger partial charge is 0.312 e. The standard InChI is InChI=1S/C12H16Cl2FN3/c1-5-9(16-4)10-6-7(2)18(17-10)12(14)11(15)8(3)13/h6,9,16H,3,5H2,1-2,4H3/b12-11+. The quantitative estimate of drug-likeness (QED) is 0.833. The van der Waals surface area contributed by atoms with E-state index >= 15 is 0 Å². The summed E-state index contributed by atoms with van der Waals surface area (Å²) in [5.41, 5.74) is 1.54. The smallest absolute Gasteiger partial charge is 0.178 e. The number of aromatic nitrogens is 2. The van der Waals surface area contributed by atoms with E-state index in [2.05, 4.69) is 17.0 Å². The molecule has 0 aromatic carbocycles. The Morgan fingerprint density at radius 2 is 2.22 bits per heavy atom. The van der Waals surface area contributed by atoms with Crippen molar-refractivity contribution >= 4 is 28.4 Å². The summed E-state index contributed by atoms with van der Waals surface area (Å²) in [6, 6.07) is 1.97. The van der Waals surface area contributed by atoms with Crippen LogP contribution in [0.25, 0.3) is 5.16 Å². The van der Waals surface area contributed by atoms with Crippen LogP contribution in [0.4, 0.5) is 4.39 Å². The first-order valence-corrected chi connectivity index (χ1v) is 6.32. The van der Waals surface area contributed by atoms with Crippen molar-refractivity contribution in [2.75, 3.05) is 7.05 Å². The number of nitrogens with zero attached hydrogens (tertiary/aromatic N) is 2. The van der Waals surface area contributed by atoms with Gasteiger partial charge in [0.25, 0.3) is 0 Å². The van der Waals surface area contributed by atoms with Crippen LogP contribution >= 0.6 is 23.2 Å². The van der Waals surface area contributed by atoms with Crippen LogP contribution in [0.15, 0.2) is 23.5 Å². The lowest BCUT2D eigenvalue weighted by atomic mass is 10.1. The molecule has 0 aliphatic heterocycles. The fourth-order valence-electron chi connectivity index (χ4n) is 1.63. The molecular formula is C12H16Cl2FN3. The molecule has 0 amide bonds. The van der Waals surface area contributed by atoms with E-state index in [4.69, 9.17) is 23.2 Å². The molecule has 1 aromatic heterocycles. The molecule has 1 unspecified atom stereocenters. The maximum Gasteiger partial charge on any atom is 0.178 e. The van der Waals surface area contributed by atoms with Gasteiger partial charge in [0, 0.05) is 5.69 Å². The van der Waals surface area contributed by atoms with Crippen LogP contribution in [-0.2, 0) is 0 Å². The van der Waals surface area contributed by atoms with Crippen molar-refractivity contribution in [1.29, 1.82) is 0 Å². The summed E-state index contributed by atoms with van der Waals surface area (Å²) in [6.07, 6.45) is 0.874. The van der Waals surface area contributed by atoms with Gasteiger partial charge in [0.05, 0.1) is 16.8 Å². The number of rotatable bonds is 5. The summed E-state index contributed by atoms with van der Waals surface area (Å²) in [7, 11) is 1.85. The Morgan fingerprint density at radius 1 is 1.61 bits per heavy atom. The summed E-state index contributed by atoms with van der Waals surface area (Å²) >= 11 is 11.4. The topological polar surface area (TPSA) is 29.9 Å². The van der Waals surface area contributed by atoms with E-state index in [0.717, 1.165) is 17.8 Å². The second-order valence-electron chi connectivity index (χ2n) is 3.88. The van der Waals surface area contributed by atoms with Gasteiger partial charge in [0.1, 0.15) is 0 Å². The van der Waals surface area contributed by atoms with Crippen LogP contribution in [0.3, 0.4) is 0 Å². The highest BCUT2D eigenvalue weighted by Gasteiger charge is 2.16. The molecule has 0 spiro atoms. The van der Waals surface area contributed by atoms with Gasteiger partial charge in [0.15, 0.2) is 11.0 Å². The van der Waals surface area contributed by atoms with Gasteiger partial charge in [-0.25, -0.2) is 9.07 Å². The molecule has 0 radical (unpaired) electrons. The summed E-state index contributed by atoms with van der Waals surface area (Å²) < 4.78 is 14.9. The average Bonchev–Trinajstić information content (AvgIpc) is 2.71. The van der Waals surface area contributed by atoms with Crippen LogP contribution in [0, 0.1) is 6.92 Å². The number of aryl methyl sites for hydroxylation is 1. The van der Waals surface area contributed by atoms with Gasteiger partial charge in [0.2, 0.25) is 0 Å².